The Bertz CT molecular complexity index is 940. The molecule has 0 atom stereocenters. The highest BCUT2D eigenvalue weighted by Gasteiger charge is 2.05. The Morgan fingerprint density at radius 1 is 1.14 bits per heavy atom. The molecule has 4 rings (SSSR count). The van der Waals surface area contributed by atoms with Crippen molar-refractivity contribution >= 4 is 27.9 Å². The van der Waals surface area contributed by atoms with E-state index in [0.29, 0.717) is 6.54 Å². The number of rotatable bonds is 4. The van der Waals surface area contributed by atoms with Gasteiger partial charge in [-0.25, -0.2) is 9.97 Å². The van der Waals surface area contributed by atoms with Gasteiger partial charge in [0.05, 0.1) is 24.7 Å². The zero-order valence-electron chi connectivity index (χ0n) is 12.1. The molecule has 1 aromatic carbocycles. The second-order valence-corrected chi connectivity index (χ2v) is 5.03. The number of imidazole rings is 1. The first-order chi connectivity index (χ1) is 10.8. The van der Waals surface area contributed by atoms with Crippen LogP contribution in [-0.2, 0) is 6.54 Å². The van der Waals surface area contributed by atoms with Crippen molar-refractivity contribution in [1.29, 1.82) is 0 Å². The van der Waals surface area contributed by atoms with Crippen LogP contribution in [0.2, 0.25) is 0 Å². The molecule has 6 heteroatoms. The molecular weight excluding hydrogens is 278 g/mol. The third-order valence-electron chi connectivity index (χ3n) is 3.58. The van der Waals surface area contributed by atoms with E-state index in [2.05, 4.69) is 25.3 Å². The standard InChI is InChI=1S/C16H15N5O/c1-22-11-3-4-12-13(8-11)20-15(19-12)9-18-14-5-2-10-6-7-17-16(10)21-14/h2-8H,9H2,1H3,(H,19,20)(H2,17,18,21). The van der Waals surface area contributed by atoms with Gasteiger partial charge in [-0.3, -0.25) is 0 Å². The highest BCUT2D eigenvalue weighted by atomic mass is 16.5. The highest BCUT2D eigenvalue weighted by molar-refractivity contribution is 5.78. The predicted molar refractivity (Wildman–Crippen MR) is 86.1 cm³/mol. The van der Waals surface area contributed by atoms with Gasteiger partial charge in [0.2, 0.25) is 0 Å². The van der Waals surface area contributed by atoms with Crippen LogP contribution >= 0.6 is 0 Å². The molecule has 0 saturated heterocycles. The Morgan fingerprint density at radius 2 is 2.09 bits per heavy atom. The summed E-state index contributed by atoms with van der Waals surface area (Å²) in [6.07, 6.45) is 1.88. The maximum absolute atomic E-state index is 5.22. The van der Waals surface area contributed by atoms with Crippen LogP contribution in [0, 0.1) is 0 Å². The Kier molecular flexibility index (Phi) is 2.93. The molecule has 0 aliphatic carbocycles. The number of nitrogens with one attached hydrogen (secondary N) is 3. The average molecular weight is 293 g/mol. The fourth-order valence-electron chi connectivity index (χ4n) is 2.46. The summed E-state index contributed by atoms with van der Waals surface area (Å²) in [6, 6.07) is 11.8. The fraction of sp³-hybridized carbons (Fsp3) is 0.125. The number of methoxy groups -OCH3 is 1. The van der Waals surface area contributed by atoms with E-state index in [9.17, 15) is 0 Å². The summed E-state index contributed by atoms with van der Waals surface area (Å²) < 4.78 is 5.22. The van der Waals surface area contributed by atoms with Crippen molar-refractivity contribution in [1.82, 2.24) is 19.9 Å². The summed E-state index contributed by atoms with van der Waals surface area (Å²) in [6.45, 7) is 0.580. The Labute approximate surface area is 126 Å². The SMILES string of the molecule is COc1ccc2nc(CNc3ccc4cc[nH]c4n3)[nH]c2c1. The Balaban J connectivity index is 1.55. The van der Waals surface area contributed by atoms with Gasteiger partial charge in [0.15, 0.2) is 0 Å². The molecular formula is C16H15N5O. The number of hydrogen-bond acceptors (Lipinski definition) is 4. The van der Waals surface area contributed by atoms with Crippen LogP contribution in [0.5, 0.6) is 5.75 Å². The number of aromatic amines is 2. The van der Waals surface area contributed by atoms with E-state index in [1.165, 1.54) is 0 Å². The van der Waals surface area contributed by atoms with Crippen LogP contribution in [0.25, 0.3) is 22.1 Å². The summed E-state index contributed by atoms with van der Waals surface area (Å²) in [7, 11) is 1.66. The lowest BCUT2D eigenvalue weighted by Crippen LogP contribution is -2.02. The van der Waals surface area contributed by atoms with E-state index in [1.807, 2.05) is 42.6 Å². The molecule has 22 heavy (non-hydrogen) atoms. The van der Waals surface area contributed by atoms with E-state index in [1.54, 1.807) is 7.11 Å². The number of anilines is 1. The number of benzene rings is 1. The molecule has 0 spiro atoms. The number of ether oxygens (including phenoxy) is 1. The van der Waals surface area contributed by atoms with Gasteiger partial charge >= 0.3 is 0 Å². The van der Waals surface area contributed by atoms with E-state index in [4.69, 9.17) is 4.74 Å². The number of hydrogen-bond donors (Lipinski definition) is 3. The van der Waals surface area contributed by atoms with Crippen LogP contribution in [0.1, 0.15) is 5.82 Å². The van der Waals surface area contributed by atoms with Gasteiger partial charge in [-0.2, -0.15) is 0 Å². The van der Waals surface area contributed by atoms with Crippen molar-refractivity contribution in [3.8, 4) is 5.75 Å². The van der Waals surface area contributed by atoms with Gasteiger partial charge < -0.3 is 20.0 Å². The second kappa shape index (κ2) is 5.07. The van der Waals surface area contributed by atoms with Crippen LogP contribution < -0.4 is 10.1 Å². The molecule has 110 valence electrons. The average Bonchev–Trinajstić information content (AvgIpc) is 3.17. The largest absolute Gasteiger partial charge is 0.497 e. The molecule has 3 aromatic heterocycles. The van der Waals surface area contributed by atoms with Gasteiger partial charge in [-0.1, -0.05) is 0 Å². The molecule has 3 heterocycles. The van der Waals surface area contributed by atoms with Gasteiger partial charge in [0.25, 0.3) is 0 Å². The van der Waals surface area contributed by atoms with Crippen LogP contribution in [0.4, 0.5) is 5.82 Å². The van der Waals surface area contributed by atoms with Crippen molar-refractivity contribution in [3.63, 3.8) is 0 Å². The lowest BCUT2D eigenvalue weighted by molar-refractivity contribution is 0.415. The second-order valence-electron chi connectivity index (χ2n) is 5.03. The molecule has 0 aliphatic rings. The van der Waals surface area contributed by atoms with Gasteiger partial charge in [0.1, 0.15) is 23.0 Å². The summed E-state index contributed by atoms with van der Waals surface area (Å²) in [4.78, 5) is 15.4. The summed E-state index contributed by atoms with van der Waals surface area (Å²) >= 11 is 0. The van der Waals surface area contributed by atoms with Crippen LogP contribution in [0.3, 0.4) is 0 Å². The van der Waals surface area contributed by atoms with Crippen molar-refractivity contribution < 1.29 is 4.74 Å². The summed E-state index contributed by atoms with van der Waals surface area (Å²) in [5, 5.41) is 4.37. The molecule has 4 aromatic rings. The monoisotopic (exact) mass is 293 g/mol. The van der Waals surface area contributed by atoms with Gasteiger partial charge in [-0.15, -0.1) is 0 Å². The maximum Gasteiger partial charge on any atom is 0.139 e. The minimum atomic E-state index is 0.580. The Hall–Kier alpha value is -3.02. The first kappa shape index (κ1) is 12.7. The topological polar surface area (TPSA) is 78.6 Å². The normalized spacial score (nSPS) is 11.1. The van der Waals surface area contributed by atoms with Crippen molar-refractivity contribution in [2.75, 3.05) is 12.4 Å². The highest BCUT2D eigenvalue weighted by Crippen LogP contribution is 2.19. The van der Waals surface area contributed by atoms with Crippen LogP contribution in [-0.4, -0.2) is 27.0 Å². The number of nitrogens with zero attached hydrogens (tertiary/aromatic N) is 2. The lowest BCUT2D eigenvalue weighted by Gasteiger charge is -2.03. The smallest absolute Gasteiger partial charge is 0.139 e. The molecule has 6 nitrogen and oxygen atoms in total. The number of aromatic nitrogens is 4. The first-order valence-corrected chi connectivity index (χ1v) is 7.02. The maximum atomic E-state index is 5.22. The summed E-state index contributed by atoms with van der Waals surface area (Å²) in [5.74, 6) is 2.49. The zero-order valence-corrected chi connectivity index (χ0v) is 12.1. The first-order valence-electron chi connectivity index (χ1n) is 7.02. The van der Waals surface area contributed by atoms with E-state index < -0.39 is 0 Å². The van der Waals surface area contributed by atoms with Crippen molar-refractivity contribution in [2.45, 2.75) is 6.54 Å². The summed E-state index contributed by atoms with van der Waals surface area (Å²) in [5.41, 5.74) is 2.76. The lowest BCUT2D eigenvalue weighted by atomic mass is 10.3. The Morgan fingerprint density at radius 3 is 3.00 bits per heavy atom. The molecule has 0 saturated carbocycles. The molecule has 0 bridgehead atoms. The third-order valence-corrected chi connectivity index (χ3v) is 3.58. The van der Waals surface area contributed by atoms with Gasteiger partial charge in [0, 0.05) is 17.6 Å². The quantitative estimate of drug-likeness (QED) is 0.540. The van der Waals surface area contributed by atoms with E-state index in [-0.39, 0.29) is 0 Å². The zero-order chi connectivity index (χ0) is 14.9. The van der Waals surface area contributed by atoms with E-state index >= 15 is 0 Å². The van der Waals surface area contributed by atoms with E-state index in [0.717, 1.165) is 39.5 Å². The van der Waals surface area contributed by atoms with Crippen molar-refractivity contribution in [3.05, 3.63) is 48.4 Å². The molecule has 0 amide bonds. The molecule has 0 fully saturated rings. The number of H-pyrrole nitrogens is 2. The predicted octanol–water partition coefficient (Wildman–Crippen LogP) is 3.06. The van der Waals surface area contributed by atoms with Crippen molar-refractivity contribution in [2.24, 2.45) is 0 Å². The molecule has 0 radical (unpaired) electrons. The number of pyridine rings is 1. The minimum Gasteiger partial charge on any atom is -0.497 e. The fourth-order valence-corrected chi connectivity index (χ4v) is 2.46. The van der Waals surface area contributed by atoms with Crippen LogP contribution in [0.15, 0.2) is 42.6 Å². The number of fused-ring (bicyclic) bond motifs is 2. The molecule has 0 unspecified atom stereocenters. The minimum absolute atomic E-state index is 0.580. The molecule has 0 aliphatic heterocycles. The third kappa shape index (κ3) is 2.24. The van der Waals surface area contributed by atoms with Gasteiger partial charge in [-0.05, 0) is 30.3 Å². The molecule has 3 N–H and O–H groups in total.